The molecule has 0 spiro atoms. The van der Waals surface area contributed by atoms with Crippen molar-refractivity contribution in [3.63, 3.8) is 0 Å². The van der Waals surface area contributed by atoms with Crippen LogP contribution in [-0.4, -0.2) is 28.2 Å². The molecule has 1 saturated heterocycles. The molecule has 0 aromatic heterocycles. The highest BCUT2D eigenvalue weighted by atomic mass is 16.7. The van der Waals surface area contributed by atoms with Crippen LogP contribution in [0.3, 0.4) is 0 Å². The van der Waals surface area contributed by atoms with Gasteiger partial charge in [0.25, 0.3) is 0 Å². The molecule has 0 aromatic carbocycles. The molecule has 5 fully saturated rings. The first-order valence-electron chi connectivity index (χ1n) is 9.47. The van der Waals surface area contributed by atoms with Crippen LogP contribution < -0.4 is 0 Å². The number of hydrogen-bond donors (Lipinski definition) is 2. The van der Waals surface area contributed by atoms with Crippen molar-refractivity contribution in [2.45, 2.75) is 83.2 Å². The summed E-state index contributed by atoms with van der Waals surface area (Å²) in [5, 5.41) is 21.1. The minimum absolute atomic E-state index is 0.0185. The molecule has 2 N–H and O–H groups in total. The SMILES string of the molecule is C[C@]12C[C@H](O)CC[C@@H]1CC[C@@H]1[C@@H]2CC[C@@]2(C)[C@H]1C[C@H]1O[C@]12O. The third-order valence-corrected chi connectivity index (χ3v) is 8.97. The Labute approximate surface area is 133 Å². The summed E-state index contributed by atoms with van der Waals surface area (Å²) in [5.74, 6) is 2.14. The smallest absolute Gasteiger partial charge is 0.198 e. The molecule has 0 unspecified atom stereocenters. The van der Waals surface area contributed by atoms with Gasteiger partial charge in [-0.05, 0) is 80.5 Å². The van der Waals surface area contributed by atoms with Gasteiger partial charge in [-0.3, -0.25) is 0 Å². The lowest BCUT2D eigenvalue weighted by atomic mass is 9.45. The molecule has 4 saturated carbocycles. The molecule has 0 amide bonds. The fraction of sp³-hybridized carbons (Fsp3) is 1.00. The summed E-state index contributed by atoms with van der Waals surface area (Å²) in [5.41, 5.74) is 0.313. The molecule has 1 aliphatic heterocycles. The van der Waals surface area contributed by atoms with Gasteiger partial charge in [0, 0.05) is 5.41 Å². The van der Waals surface area contributed by atoms with Gasteiger partial charge in [-0.1, -0.05) is 13.8 Å². The molecule has 3 heteroatoms. The number of epoxide rings is 1. The van der Waals surface area contributed by atoms with Crippen molar-refractivity contribution in [1.82, 2.24) is 0 Å². The fourth-order valence-electron chi connectivity index (χ4n) is 7.65. The van der Waals surface area contributed by atoms with Crippen molar-refractivity contribution in [2.24, 2.45) is 34.5 Å². The minimum Gasteiger partial charge on any atom is -0.393 e. The zero-order valence-electron chi connectivity index (χ0n) is 13.9. The van der Waals surface area contributed by atoms with E-state index < -0.39 is 5.79 Å². The van der Waals surface area contributed by atoms with Crippen molar-refractivity contribution in [1.29, 1.82) is 0 Å². The maximum absolute atomic E-state index is 10.8. The van der Waals surface area contributed by atoms with Gasteiger partial charge in [-0.2, -0.15) is 0 Å². The second kappa shape index (κ2) is 4.10. The number of ether oxygens (including phenoxy) is 1. The summed E-state index contributed by atoms with van der Waals surface area (Å²) in [4.78, 5) is 0. The lowest BCUT2D eigenvalue weighted by molar-refractivity contribution is -0.178. The van der Waals surface area contributed by atoms with E-state index in [0.717, 1.165) is 43.4 Å². The first kappa shape index (κ1) is 14.2. The average molecular weight is 306 g/mol. The van der Waals surface area contributed by atoms with Crippen LogP contribution in [0.15, 0.2) is 0 Å². The number of aliphatic hydroxyl groups is 2. The highest BCUT2D eigenvalue weighted by Crippen LogP contribution is 2.72. The number of fused-ring (bicyclic) bond motifs is 7. The van der Waals surface area contributed by atoms with Crippen LogP contribution in [0.4, 0.5) is 0 Å². The Morgan fingerprint density at radius 2 is 1.77 bits per heavy atom. The molecule has 5 rings (SSSR count). The molecule has 124 valence electrons. The van der Waals surface area contributed by atoms with Gasteiger partial charge >= 0.3 is 0 Å². The van der Waals surface area contributed by atoms with Crippen LogP contribution in [0.2, 0.25) is 0 Å². The molecule has 0 radical (unpaired) electrons. The zero-order valence-corrected chi connectivity index (χ0v) is 13.9. The van der Waals surface area contributed by atoms with Crippen molar-refractivity contribution >= 4 is 0 Å². The Hall–Kier alpha value is -0.120. The molecule has 0 aromatic rings. The van der Waals surface area contributed by atoms with E-state index in [4.69, 9.17) is 4.74 Å². The van der Waals surface area contributed by atoms with Crippen molar-refractivity contribution in [2.75, 3.05) is 0 Å². The monoisotopic (exact) mass is 306 g/mol. The highest BCUT2D eigenvalue weighted by Gasteiger charge is 2.77. The van der Waals surface area contributed by atoms with Gasteiger partial charge < -0.3 is 14.9 Å². The Balaban J connectivity index is 1.48. The lowest BCUT2D eigenvalue weighted by Gasteiger charge is -2.61. The van der Waals surface area contributed by atoms with E-state index in [1.807, 2.05) is 0 Å². The second-order valence-corrected chi connectivity index (χ2v) is 9.59. The van der Waals surface area contributed by atoms with Crippen LogP contribution in [0.25, 0.3) is 0 Å². The van der Waals surface area contributed by atoms with E-state index in [2.05, 4.69) is 13.8 Å². The second-order valence-electron chi connectivity index (χ2n) is 9.59. The summed E-state index contributed by atoms with van der Waals surface area (Å²) >= 11 is 0. The number of aliphatic hydroxyl groups excluding tert-OH is 1. The molecule has 4 aliphatic carbocycles. The molecule has 22 heavy (non-hydrogen) atoms. The summed E-state index contributed by atoms with van der Waals surface area (Å²) in [6.07, 6.45) is 9.32. The lowest BCUT2D eigenvalue weighted by Crippen LogP contribution is -2.55. The van der Waals surface area contributed by atoms with Gasteiger partial charge in [0.15, 0.2) is 5.79 Å². The molecule has 3 nitrogen and oxygen atoms in total. The Morgan fingerprint density at radius 1 is 1.00 bits per heavy atom. The molecule has 1 heterocycles. The Bertz CT molecular complexity index is 507. The maximum atomic E-state index is 10.8. The van der Waals surface area contributed by atoms with Crippen LogP contribution in [0, 0.1) is 34.5 Å². The van der Waals surface area contributed by atoms with E-state index in [1.165, 1.54) is 25.7 Å². The van der Waals surface area contributed by atoms with E-state index in [1.54, 1.807) is 0 Å². The summed E-state index contributed by atoms with van der Waals surface area (Å²) in [6.45, 7) is 4.76. The van der Waals surface area contributed by atoms with Crippen molar-refractivity contribution in [3.05, 3.63) is 0 Å². The highest BCUT2D eigenvalue weighted by molar-refractivity contribution is 5.20. The first-order chi connectivity index (χ1) is 10.4. The van der Waals surface area contributed by atoms with E-state index in [-0.39, 0.29) is 17.6 Å². The fourth-order valence-corrected chi connectivity index (χ4v) is 7.65. The third-order valence-electron chi connectivity index (χ3n) is 8.97. The van der Waals surface area contributed by atoms with Crippen LogP contribution in [-0.2, 0) is 4.74 Å². The quantitative estimate of drug-likeness (QED) is 0.676. The van der Waals surface area contributed by atoms with Crippen LogP contribution in [0.5, 0.6) is 0 Å². The topological polar surface area (TPSA) is 53.0 Å². The van der Waals surface area contributed by atoms with E-state index >= 15 is 0 Å². The molecular weight excluding hydrogens is 276 g/mol. The van der Waals surface area contributed by atoms with Crippen LogP contribution >= 0.6 is 0 Å². The third kappa shape index (κ3) is 1.49. The van der Waals surface area contributed by atoms with Gasteiger partial charge in [0.05, 0.1) is 6.10 Å². The molecule has 0 bridgehead atoms. The van der Waals surface area contributed by atoms with Gasteiger partial charge in [0.2, 0.25) is 0 Å². The average Bonchev–Trinajstić information content (AvgIpc) is 3.07. The number of hydrogen-bond acceptors (Lipinski definition) is 3. The van der Waals surface area contributed by atoms with E-state index in [9.17, 15) is 10.2 Å². The first-order valence-corrected chi connectivity index (χ1v) is 9.47. The molecule has 5 aliphatic rings. The Kier molecular flexibility index (Phi) is 2.65. The Morgan fingerprint density at radius 3 is 2.59 bits per heavy atom. The van der Waals surface area contributed by atoms with Gasteiger partial charge in [-0.25, -0.2) is 0 Å². The summed E-state index contributed by atoms with van der Waals surface area (Å²) in [7, 11) is 0. The van der Waals surface area contributed by atoms with Crippen LogP contribution in [0.1, 0.15) is 65.2 Å². The zero-order chi connectivity index (χ0) is 15.3. The van der Waals surface area contributed by atoms with Gasteiger partial charge in [-0.15, -0.1) is 0 Å². The molecular formula is C19H30O3. The summed E-state index contributed by atoms with van der Waals surface area (Å²) < 4.78 is 5.66. The normalized spacial score (nSPS) is 66.0. The van der Waals surface area contributed by atoms with E-state index in [0.29, 0.717) is 11.3 Å². The molecule has 9 atom stereocenters. The predicted molar refractivity (Wildman–Crippen MR) is 82.9 cm³/mol. The minimum atomic E-state index is -0.799. The van der Waals surface area contributed by atoms with Crippen molar-refractivity contribution in [3.8, 4) is 0 Å². The summed E-state index contributed by atoms with van der Waals surface area (Å²) in [6, 6.07) is 0. The number of rotatable bonds is 0. The van der Waals surface area contributed by atoms with Crippen molar-refractivity contribution < 1.29 is 14.9 Å². The largest absolute Gasteiger partial charge is 0.393 e. The standard InChI is InChI=1S/C19H30O3/c1-17-10-12(20)5-3-11(17)4-6-13-14(17)7-8-18(2)15(13)9-16-19(18,21)22-16/h11-16,20-21H,3-10H2,1-2H3/t11-,12-,13-,14+,15+,16-,17+,18+,19-/m1/s1. The van der Waals surface area contributed by atoms with Gasteiger partial charge in [0.1, 0.15) is 6.10 Å². The maximum Gasteiger partial charge on any atom is 0.198 e. The predicted octanol–water partition coefficient (Wildman–Crippen LogP) is 3.09.